The highest BCUT2D eigenvalue weighted by molar-refractivity contribution is 9.13. The summed E-state index contributed by atoms with van der Waals surface area (Å²) in [5.41, 5.74) is 0. The van der Waals surface area contributed by atoms with Gasteiger partial charge in [-0.3, -0.25) is 0 Å². The molecule has 2 aromatic carbocycles. The summed E-state index contributed by atoms with van der Waals surface area (Å²) >= 11 is 17.3. The van der Waals surface area contributed by atoms with Gasteiger partial charge in [0.05, 0.1) is 4.47 Å². The zero-order valence-electron chi connectivity index (χ0n) is 8.68. The summed E-state index contributed by atoms with van der Waals surface area (Å²) in [6.07, 6.45) is 0. The molecule has 0 aliphatic carbocycles. The van der Waals surface area contributed by atoms with E-state index in [1.165, 1.54) is 0 Å². The first kappa shape index (κ1) is 15.0. The molecule has 0 spiro atoms. The molecule has 0 N–H and O–H groups in total. The van der Waals surface area contributed by atoms with Crippen LogP contribution in [0.25, 0.3) is 0 Å². The van der Waals surface area contributed by atoms with Gasteiger partial charge in [-0.15, -0.1) is 0 Å². The van der Waals surface area contributed by atoms with Gasteiger partial charge in [0.25, 0.3) is 0 Å². The SMILES string of the molecule is Brc1cc(Br)cc(Oc2cc(Br)cc(Br)c2Br)c1. The molecule has 0 atom stereocenters. The smallest absolute Gasteiger partial charge is 0.143 e. The number of benzene rings is 2. The summed E-state index contributed by atoms with van der Waals surface area (Å²) in [6, 6.07) is 9.63. The van der Waals surface area contributed by atoms with Crippen LogP contribution >= 0.6 is 79.6 Å². The van der Waals surface area contributed by atoms with Gasteiger partial charge >= 0.3 is 0 Å². The molecule has 0 aromatic heterocycles. The Hall–Kier alpha value is 0.640. The van der Waals surface area contributed by atoms with Crippen molar-refractivity contribution in [2.45, 2.75) is 0 Å². The van der Waals surface area contributed by atoms with Crippen molar-refractivity contribution in [3.63, 3.8) is 0 Å². The Labute approximate surface area is 147 Å². The maximum atomic E-state index is 5.87. The number of halogens is 5. The molecule has 2 aromatic rings. The lowest BCUT2D eigenvalue weighted by atomic mass is 10.3. The van der Waals surface area contributed by atoms with Crippen LogP contribution in [0.5, 0.6) is 11.5 Å². The summed E-state index contributed by atoms with van der Waals surface area (Å²) in [7, 11) is 0. The first-order valence-electron chi connectivity index (χ1n) is 4.74. The number of hydrogen-bond donors (Lipinski definition) is 0. The third kappa shape index (κ3) is 3.82. The summed E-state index contributed by atoms with van der Waals surface area (Å²) in [6.45, 7) is 0. The average molecular weight is 565 g/mol. The fourth-order valence-corrected chi connectivity index (χ4v) is 4.07. The third-order valence-electron chi connectivity index (χ3n) is 2.02. The van der Waals surface area contributed by atoms with E-state index in [4.69, 9.17) is 4.74 Å². The van der Waals surface area contributed by atoms with Crippen LogP contribution in [0.3, 0.4) is 0 Å². The molecule has 0 fully saturated rings. The minimum Gasteiger partial charge on any atom is -0.456 e. The van der Waals surface area contributed by atoms with E-state index in [0.29, 0.717) is 0 Å². The van der Waals surface area contributed by atoms with Crippen molar-refractivity contribution in [1.29, 1.82) is 0 Å². The lowest BCUT2D eigenvalue weighted by Crippen LogP contribution is -1.87. The van der Waals surface area contributed by atoms with Gasteiger partial charge < -0.3 is 4.74 Å². The Kier molecular flexibility index (Phi) is 5.34. The molecule has 0 amide bonds. The highest BCUT2D eigenvalue weighted by Crippen LogP contribution is 2.39. The van der Waals surface area contributed by atoms with E-state index in [1.807, 2.05) is 30.3 Å². The minimum atomic E-state index is 0.737. The Bertz CT molecular complexity index is 577. The largest absolute Gasteiger partial charge is 0.456 e. The van der Waals surface area contributed by atoms with Gasteiger partial charge in [0.2, 0.25) is 0 Å². The van der Waals surface area contributed by atoms with E-state index in [1.54, 1.807) is 0 Å². The molecule has 94 valence electrons. The zero-order chi connectivity index (χ0) is 13.3. The molecule has 6 heteroatoms. The fraction of sp³-hybridized carbons (Fsp3) is 0. The molecule has 0 unspecified atom stereocenters. The number of hydrogen-bond acceptors (Lipinski definition) is 1. The molecular formula is C12H5Br5O. The zero-order valence-corrected chi connectivity index (χ0v) is 16.6. The molecule has 0 heterocycles. The molecule has 0 saturated heterocycles. The molecular weight excluding hydrogens is 560 g/mol. The Morgan fingerprint density at radius 2 is 1.22 bits per heavy atom. The van der Waals surface area contributed by atoms with E-state index in [-0.39, 0.29) is 0 Å². The van der Waals surface area contributed by atoms with Gasteiger partial charge in [0.15, 0.2) is 0 Å². The Balaban J connectivity index is 2.39. The highest BCUT2D eigenvalue weighted by atomic mass is 79.9. The molecule has 1 nitrogen and oxygen atoms in total. The minimum absolute atomic E-state index is 0.737. The van der Waals surface area contributed by atoms with Crippen molar-refractivity contribution in [1.82, 2.24) is 0 Å². The van der Waals surface area contributed by atoms with Crippen molar-refractivity contribution in [2.75, 3.05) is 0 Å². The molecule has 0 radical (unpaired) electrons. The van der Waals surface area contributed by atoms with Crippen LogP contribution in [-0.2, 0) is 0 Å². The van der Waals surface area contributed by atoms with Crippen LogP contribution < -0.4 is 4.74 Å². The standard InChI is InChI=1S/C12H5Br5O/c13-6-1-7(14)3-9(2-6)18-11-5-8(15)4-10(16)12(11)17/h1-5H. The second-order valence-corrected chi connectivity index (χ2v) is 7.80. The van der Waals surface area contributed by atoms with Crippen molar-refractivity contribution >= 4 is 79.6 Å². The van der Waals surface area contributed by atoms with Gasteiger partial charge in [0.1, 0.15) is 11.5 Å². The first-order chi connectivity index (χ1) is 8.45. The van der Waals surface area contributed by atoms with Crippen molar-refractivity contribution in [2.24, 2.45) is 0 Å². The maximum absolute atomic E-state index is 5.87. The first-order valence-corrected chi connectivity index (χ1v) is 8.70. The van der Waals surface area contributed by atoms with Gasteiger partial charge in [-0.05, 0) is 62.2 Å². The summed E-state index contributed by atoms with van der Waals surface area (Å²) in [4.78, 5) is 0. The maximum Gasteiger partial charge on any atom is 0.143 e. The Morgan fingerprint density at radius 3 is 1.83 bits per heavy atom. The summed E-state index contributed by atoms with van der Waals surface area (Å²) < 4.78 is 10.5. The van der Waals surface area contributed by atoms with Crippen LogP contribution in [0.15, 0.2) is 52.7 Å². The van der Waals surface area contributed by atoms with Gasteiger partial charge in [-0.25, -0.2) is 0 Å². The van der Waals surface area contributed by atoms with Gasteiger partial charge in [-0.2, -0.15) is 0 Å². The molecule has 0 saturated carbocycles. The van der Waals surface area contributed by atoms with E-state index in [0.717, 1.165) is 33.9 Å². The number of ether oxygens (including phenoxy) is 1. The van der Waals surface area contributed by atoms with Crippen molar-refractivity contribution in [3.8, 4) is 11.5 Å². The Morgan fingerprint density at radius 1 is 0.667 bits per heavy atom. The van der Waals surface area contributed by atoms with Crippen LogP contribution in [0.2, 0.25) is 0 Å². The fourth-order valence-electron chi connectivity index (χ4n) is 1.32. The average Bonchev–Trinajstić information content (AvgIpc) is 2.23. The molecule has 2 rings (SSSR count). The van der Waals surface area contributed by atoms with E-state index in [9.17, 15) is 0 Å². The second-order valence-electron chi connectivity index (χ2n) is 3.41. The van der Waals surface area contributed by atoms with Crippen LogP contribution in [0.1, 0.15) is 0 Å². The van der Waals surface area contributed by atoms with Gasteiger partial charge in [0, 0.05) is 17.9 Å². The van der Waals surface area contributed by atoms with Crippen LogP contribution in [0.4, 0.5) is 0 Å². The van der Waals surface area contributed by atoms with E-state index < -0.39 is 0 Å². The number of rotatable bonds is 2. The van der Waals surface area contributed by atoms with Crippen LogP contribution in [-0.4, -0.2) is 0 Å². The summed E-state index contributed by atoms with van der Waals surface area (Å²) in [5, 5.41) is 0. The van der Waals surface area contributed by atoms with Crippen molar-refractivity contribution in [3.05, 3.63) is 52.7 Å². The monoisotopic (exact) mass is 560 g/mol. The predicted molar refractivity (Wildman–Crippen MR) is 91.5 cm³/mol. The molecule has 0 aliphatic rings. The lowest BCUT2D eigenvalue weighted by Gasteiger charge is -2.10. The molecule has 0 bridgehead atoms. The summed E-state index contributed by atoms with van der Waals surface area (Å²) in [5.74, 6) is 1.49. The molecule has 18 heavy (non-hydrogen) atoms. The lowest BCUT2D eigenvalue weighted by molar-refractivity contribution is 0.478. The third-order valence-corrected chi connectivity index (χ3v) is 5.37. The predicted octanol–water partition coefficient (Wildman–Crippen LogP) is 7.29. The van der Waals surface area contributed by atoms with E-state index in [2.05, 4.69) is 79.6 Å². The van der Waals surface area contributed by atoms with Crippen LogP contribution in [0, 0.1) is 0 Å². The normalized spacial score (nSPS) is 10.5. The van der Waals surface area contributed by atoms with Crippen molar-refractivity contribution < 1.29 is 4.74 Å². The topological polar surface area (TPSA) is 9.23 Å². The quantitative estimate of drug-likeness (QED) is 0.348. The second kappa shape index (κ2) is 6.39. The highest BCUT2D eigenvalue weighted by Gasteiger charge is 2.09. The van der Waals surface area contributed by atoms with E-state index >= 15 is 0 Å². The van der Waals surface area contributed by atoms with Gasteiger partial charge in [-0.1, -0.05) is 47.8 Å². The molecule has 0 aliphatic heterocycles.